The number of aromatic amines is 1. The molecule has 3 aromatic carbocycles. The quantitative estimate of drug-likeness (QED) is 0.503. The summed E-state index contributed by atoms with van der Waals surface area (Å²) in [6.07, 6.45) is 0. The highest BCUT2D eigenvalue weighted by molar-refractivity contribution is 6.09. The first-order valence-corrected chi connectivity index (χ1v) is 8.78. The number of H-pyrrole nitrogens is 1. The van der Waals surface area contributed by atoms with E-state index in [2.05, 4.69) is 43.4 Å². The number of hydrogen-bond acceptors (Lipinski definition) is 4. The van der Waals surface area contributed by atoms with Gasteiger partial charge < -0.3 is 9.67 Å². The van der Waals surface area contributed by atoms with Gasteiger partial charge in [0.25, 0.3) is 0 Å². The maximum atomic E-state index is 11.3. The van der Waals surface area contributed by atoms with Crippen molar-refractivity contribution in [2.75, 3.05) is 0 Å². The summed E-state index contributed by atoms with van der Waals surface area (Å²) in [5.41, 5.74) is 4.26. The van der Waals surface area contributed by atoms with Crippen LogP contribution in [0.4, 0.5) is 0 Å². The van der Waals surface area contributed by atoms with Gasteiger partial charge in [-0.05, 0) is 47.2 Å². The molecule has 0 aliphatic carbocycles. The molecule has 0 saturated carbocycles. The molecule has 0 aliphatic heterocycles. The number of carbonyl (C=O) groups is 1. The highest BCUT2D eigenvalue weighted by Gasteiger charge is 2.13. The lowest BCUT2D eigenvalue weighted by atomic mass is 10.1. The number of nitrogens with one attached hydrogen (secondary N) is 1. The molecule has 0 aliphatic rings. The second kappa shape index (κ2) is 6.31. The van der Waals surface area contributed by atoms with Crippen molar-refractivity contribution in [2.45, 2.75) is 6.54 Å². The van der Waals surface area contributed by atoms with E-state index in [1.54, 1.807) is 18.2 Å². The fourth-order valence-corrected chi connectivity index (χ4v) is 3.63. The van der Waals surface area contributed by atoms with E-state index in [4.69, 9.17) is 0 Å². The summed E-state index contributed by atoms with van der Waals surface area (Å²) in [6.45, 7) is 0.576. The summed E-state index contributed by atoms with van der Waals surface area (Å²) >= 11 is 0. The lowest BCUT2D eigenvalue weighted by Crippen LogP contribution is -2.02. The van der Waals surface area contributed by atoms with E-state index >= 15 is 0 Å². The first kappa shape index (κ1) is 16.2. The normalized spacial score (nSPS) is 11.3. The molecule has 5 rings (SSSR count). The minimum atomic E-state index is -0.922. The first-order chi connectivity index (χ1) is 13.7. The molecular formula is C21H15N5O2. The molecular weight excluding hydrogens is 354 g/mol. The number of para-hydroxylation sites is 1. The number of carboxylic acid groups (broad SMARTS) is 1. The largest absolute Gasteiger partial charge is 0.478 e. The molecule has 5 aromatic rings. The van der Waals surface area contributed by atoms with Gasteiger partial charge in [-0.3, -0.25) is 0 Å². The van der Waals surface area contributed by atoms with E-state index in [1.165, 1.54) is 0 Å². The van der Waals surface area contributed by atoms with Gasteiger partial charge in [0, 0.05) is 33.9 Å². The number of tetrazole rings is 1. The first-order valence-electron chi connectivity index (χ1n) is 8.78. The molecule has 7 heteroatoms. The third kappa shape index (κ3) is 2.61. The molecule has 0 bridgehead atoms. The summed E-state index contributed by atoms with van der Waals surface area (Å²) in [4.78, 5) is 11.3. The van der Waals surface area contributed by atoms with Crippen LogP contribution in [-0.4, -0.2) is 36.3 Å². The molecule has 136 valence electrons. The van der Waals surface area contributed by atoms with Crippen molar-refractivity contribution in [1.29, 1.82) is 0 Å². The maximum Gasteiger partial charge on any atom is 0.335 e. The lowest BCUT2D eigenvalue weighted by molar-refractivity contribution is 0.0696. The summed E-state index contributed by atoms with van der Waals surface area (Å²) in [6, 6.07) is 21.3. The van der Waals surface area contributed by atoms with Gasteiger partial charge in [-0.15, -0.1) is 10.2 Å². The van der Waals surface area contributed by atoms with E-state index in [0.717, 1.165) is 32.9 Å². The third-order valence-electron chi connectivity index (χ3n) is 4.89. The highest BCUT2D eigenvalue weighted by atomic mass is 16.4. The van der Waals surface area contributed by atoms with Gasteiger partial charge in [-0.1, -0.05) is 30.3 Å². The standard InChI is InChI=1S/C21H15N5O2/c27-21(28)15-5-3-4-13(10-15)12-26-18-7-2-1-6-16(18)17-11-14(8-9-19(17)26)20-22-24-25-23-20/h1-11H,12H2,(H,27,28)(H,22,23,24,25). The van der Waals surface area contributed by atoms with Gasteiger partial charge in [0.05, 0.1) is 5.56 Å². The van der Waals surface area contributed by atoms with Gasteiger partial charge in [0.15, 0.2) is 0 Å². The van der Waals surface area contributed by atoms with Crippen molar-refractivity contribution < 1.29 is 9.90 Å². The van der Waals surface area contributed by atoms with Crippen LogP contribution < -0.4 is 0 Å². The summed E-state index contributed by atoms with van der Waals surface area (Å²) in [5.74, 6) is -0.373. The number of aromatic nitrogens is 5. The third-order valence-corrected chi connectivity index (χ3v) is 4.89. The van der Waals surface area contributed by atoms with Crippen molar-refractivity contribution in [3.05, 3.63) is 77.9 Å². The van der Waals surface area contributed by atoms with Crippen LogP contribution in [0.2, 0.25) is 0 Å². The van der Waals surface area contributed by atoms with Crippen LogP contribution >= 0.6 is 0 Å². The minimum absolute atomic E-state index is 0.290. The Morgan fingerprint density at radius 3 is 2.64 bits per heavy atom. The molecule has 7 nitrogen and oxygen atoms in total. The number of nitrogens with zero attached hydrogens (tertiary/aromatic N) is 4. The van der Waals surface area contributed by atoms with Crippen LogP contribution in [0.5, 0.6) is 0 Å². The molecule has 0 spiro atoms. The second-order valence-electron chi connectivity index (χ2n) is 6.58. The van der Waals surface area contributed by atoms with Gasteiger partial charge in [-0.25, -0.2) is 4.79 Å². The predicted molar refractivity (Wildman–Crippen MR) is 105 cm³/mol. The Hall–Kier alpha value is -4.00. The Labute approximate surface area is 159 Å². The lowest BCUT2D eigenvalue weighted by Gasteiger charge is -2.09. The summed E-state index contributed by atoms with van der Waals surface area (Å²) < 4.78 is 2.20. The molecule has 0 radical (unpaired) electrons. The van der Waals surface area contributed by atoms with Gasteiger partial charge >= 0.3 is 5.97 Å². The minimum Gasteiger partial charge on any atom is -0.478 e. The Balaban J connectivity index is 1.69. The van der Waals surface area contributed by atoms with Crippen LogP contribution in [0, 0.1) is 0 Å². The van der Waals surface area contributed by atoms with Crippen molar-refractivity contribution in [2.24, 2.45) is 0 Å². The highest BCUT2D eigenvalue weighted by Crippen LogP contribution is 2.32. The van der Waals surface area contributed by atoms with Crippen LogP contribution in [0.1, 0.15) is 15.9 Å². The topological polar surface area (TPSA) is 96.7 Å². The van der Waals surface area contributed by atoms with E-state index in [9.17, 15) is 9.90 Å². The Kier molecular flexibility index (Phi) is 3.65. The molecule has 0 fully saturated rings. The van der Waals surface area contributed by atoms with E-state index in [0.29, 0.717) is 12.4 Å². The van der Waals surface area contributed by atoms with Crippen molar-refractivity contribution in [3.8, 4) is 11.4 Å². The molecule has 2 N–H and O–H groups in total. The number of benzene rings is 3. The fraction of sp³-hybridized carbons (Fsp3) is 0.0476. The monoisotopic (exact) mass is 369 g/mol. The number of aromatic carboxylic acids is 1. The molecule has 2 aromatic heterocycles. The fourth-order valence-electron chi connectivity index (χ4n) is 3.63. The molecule has 0 unspecified atom stereocenters. The van der Waals surface area contributed by atoms with Crippen LogP contribution in [0.25, 0.3) is 33.2 Å². The molecule has 0 saturated heterocycles. The van der Waals surface area contributed by atoms with Crippen molar-refractivity contribution >= 4 is 27.8 Å². The number of fused-ring (bicyclic) bond motifs is 3. The number of hydrogen-bond donors (Lipinski definition) is 2. The summed E-state index contributed by atoms with van der Waals surface area (Å²) in [7, 11) is 0. The Morgan fingerprint density at radius 2 is 1.82 bits per heavy atom. The maximum absolute atomic E-state index is 11.3. The molecule has 0 amide bonds. The SMILES string of the molecule is O=C(O)c1cccc(Cn2c3ccccc3c3cc(-c4nn[nH]n4)ccc32)c1. The van der Waals surface area contributed by atoms with Crippen LogP contribution in [0.3, 0.4) is 0 Å². The smallest absolute Gasteiger partial charge is 0.335 e. The number of carboxylic acids is 1. The zero-order chi connectivity index (χ0) is 19.1. The van der Waals surface area contributed by atoms with Crippen molar-refractivity contribution in [3.63, 3.8) is 0 Å². The Morgan fingerprint density at radius 1 is 0.964 bits per heavy atom. The summed E-state index contributed by atoms with van der Waals surface area (Å²) in [5, 5.41) is 25.7. The van der Waals surface area contributed by atoms with Crippen LogP contribution in [0.15, 0.2) is 66.7 Å². The number of rotatable bonds is 4. The molecule has 0 atom stereocenters. The predicted octanol–water partition coefficient (Wildman–Crippen LogP) is 3.72. The zero-order valence-corrected chi connectivity index (χ0v) is 14.7. The van der Waals surface area contributed by atoms with Gasteiger partial charge in [0.2, 0.25) is 5.82 Å². The second-order valence-corrected chi connectivity index (χ2v) is 6.58. The van der Waals surface area contributed by atoms with Gasteiger partial charge in [-0.2, -0.15) is 5.21 Å². The van der Waals surface area contributed by atoms with E-state index in [1.807, 2.05) is 30.3 Å². The molecule has 2 heterocycles. The van der Waals surface area contributed by atoms with E-state index in [-0.39, 0.29) is 5.56 Å². The molecule has 28 heavy (non-hydrogen) atoms. The Bertz CT molecular complexity index is 1320. The van der Waals surface area contributed by atoms with Crippen LogP contribution in [-0.2, 0) is 6.54 Å². The van der Waals surface area contributed by atoms with Crippen molar-refractivity contribution in [1.82, 2.24) is 25.2 Å². The average Bonchev–Trinajstić information content (AvgIpc) is 3.36. The van der Waals surface area contributed by atoms with Gasteiger partial charge in [0.1, 0.15) is 0 Å². The van der Waals surface area contributed by atoms with E-state index < -0.39 is 5.97 Å². The average molecular weight is 369 g/mol. The zero-order valence-electron chi connectivity index (χ0n) is 14.7.